The molecule has 0 atom stereocenters. The van der Waals surface area contributed by atoms with Crippen molar-refractivity contribution >= 4 is 5.78 Å². The molecule has 0 bridgehead atoms. The third-order valence-corrected chi connectivity index (χ3v) is 4.41. The van der Waals surface area contributed by atoms with Crippen LogP contribution in [0.1, 0.15) is 47.4 Å². The number of hydrogen-bond acceptors (Lipinski definition) is 1. The fourth-order valence-electron chi connectivity index (χ4n) is 3.17. The summed E-state index contributed by atoms with van der Waals surface area (Å²) in [5, 5.41) is 0. The van der Waals surface area contributed by atoms with E-state index in [0.29, 0.717) is 6.42 Å². The van der Waals surface area contributed by atoms with Crippen molar-refractivity contribution in [3.63, 3.8) is 0 Å². The Bertz CT molecular complexity index is 691. The minimum Gasteiger partial charge on any atom is -0.320 e. The van der Waals surface area contributed by atoms with Gasteiger partial charge in [0.15, 0.2) is 5.78 Å². The zero-order chi connectivity index (χ0) is 14.5. The molecule has 2 nitrogen and oxygen atoms in total. The van der Waals surface area contributed by atoms with E-state index in [1.165, 1.54) is 22.5 Å². The van der Waals surface area contributed by atoms with Crippen LogP contribution in [-0.2, 0) is 6.42 Å². The van der Waals surface area contributed by atoms with Gasteiger partial charge in [0.25, 0.3) is 0 Å². The van der Waals surface area contributed by atoms with Gasteiger partial charge in [-0.1, -0.05) is 26.0 Å². The first-order valence-electron chi connectivity index (χ1n) is 7.19. The van der Waals surface area contributed by atoms with Gasteiger partial charge in [-0.05, 0) is 48.9 Å². The number of nitrogens with zero attached hydrogens (tertiary/aromatic N) is 1. The summed E-state index contributed by atoms with van der Waals surface area (Å²) in [4.78, 5) is 12.3. The maximum Gasteiger partial charge on any atom is 0.165 e. The molecular weight excluding hydrogens is 246 g/mol. The molecule has 104 valence electrons. The lowest BCUT2D eigenvalue weighted by Crippen LogP contribution is -2.27. The molecule has 1 aromatic carbocycles. The summed E-state index contributed by atoms with van der Waals surface area (Å²) in [6, 6.07) is 8.33. The summed E-state index contributed by atoms with van der Waals surface area (Å²) in [5.74, 6) is 0.278. The smallest absolute Gasteiger partial charge is 0.165 e. The Morgan fingerprint density at radius 1 is 1.10 bits per heavy atom. The number of carbonyl (C=O) groups excluding carboxylic acids is 1. The lowest BCUT2D eigenvalue weighted by molar-refractivity contribution is 0.0911. The number of carbonyl (C=O) groups is 1. The first kappa shape index (κ1) is 13.2. The van der Waals surface area contributed by atoms with E-state index >= 15 is 0 Å². The number of Topliss-reactive ketones (excluding diaryl/α,β-unsaturated/α-hetero) is 1. The first-order chi connectivity index (χ1) is 9.39. The van der Waals surface area contributed by atoms with E-state index in [1.54, 1.807) is 0 Å². The van der Waals surface area contributed by atoms with Gasteiger partial charge in [-0.2, -0.15) is 0 Å². The van der Waals surface area contributed by atoms with Gasteiger partial charge in [-0.15, -0.1) is 0 Å². The van der Waals surface area contributed by atoms with E-state index in [9.17, 15) is 4.79 Å². The van der Waals surface area contributed by atoms with E-state index in [0.717, 1.165) is 12.0 Å². The zero-order valence-electron chi connectivity index (χ0n) is 12.7. The Morgan fingerprint density at radius 2 is 1.85 bits per heavy atom. The summed E-state index contributed by atoms with van der Waals surface area (Å²) in [7, 11) is 0. The minimum atomic E-state index is 0.0535. The van der Waals surface area contributed by atoms with Crippen molar-refractivity contribution in [1.29, 1.82) is 0 Å². The standard InChI is InChI=1S/C18H21NO/c1-12-6-5-7-15(13(12)2)19-9-8-14-16(19)10-18(3,4)11-17(14)20/h5-9H,10-11H2,1-4H3. The molecule has 1 aliphatic rings. The number of ketones is 1. The van der Waals surface area contributed by atoms with Crippen LogP contribution in [0.4, 0.5) is 0 Å². The number of hydrogen-bond donors (Lipinski definition) is 0. The molecule has 0 radical (unpaired) electrons. The molecule has 1 aliphatic carbocycles. The molecule has 20 heavy (non-hydrogen) atoms. The predicted molar refractivity (Wildman–Crippen MR) is 81.7 cm³/mol. The molecule has 0 unspecified atom stereocenters. The van der Waals surface area contributed by atoms with E-state index in [4.69, 9.17) is 0 Å². The van der Waals surface area contributed by atoms with E-state index in [1.807, 2.05) is 12.3 Å². The third-order valence-electron chi connectivity index (χ3n) is 4.41. The second kappa shape index (κ2) is 4.34. The fraction of sp³-hybridized carbons (Fsp3) is 0.389. The summed E-state index contributed by atoms with van der Waals surface area (Å²) >= 11 is 0. The van der Waals surface area contributed by atoms with Crippen molar-refractivity contribution in [3.8, 4) is 5.69 Å². The van der Waals surface area contributed by atoms with Crippen LogP contribution >= 0.6 is 0 Å². The van der Waals surface area contributed by atoms with Crippen LogP contribution in [0.2, 0.25) is 0 Å². The van der Waals surface area contributed by atoms with Crippen LogP contribution in [0.15, 0.2) is 30.5 Å². The summed E-state index contributed by atoms with van der Waals surface area (Å²) in [6.07, 6.45) is 3.65. The molecule has 0 amide bonds. The van der Waals surface area contributed by atoms with Crippen LogP contribution in [0.3, 0.4) is 0 Å². The van der Waals surface area contributed by atoms with Crippen molar-refractivity contribution in [1.82, 2.24) is 4.57 Å². The summed E-state index contributed by atoms with van der Waals surface area (Å²) < 4.78 is 2.20. The molecule has 0 saturated carbocycles. The van der Waals surface area contributed by atoms with Crippen LogP contribution < -0.4 is 0 Å². The second-order valence-corrected chi connectivity index (χ2v) is 6.71. The minimum absolute atomic E-state index is 0.0535. The normalized spacial score (nSPS) is 17.1. The number of benzene rings is 1. The zero-order valence-corrected chi connectivity index (χ0v) is 12.7. The molecule has 2 aromatic rings. The molecule has 0 spiro atoms. The average molecular weight is 267 g/mol. The Morgan fingerprint density at radius 3 is 2.60 bits per heavy atom. The Hall–Kier alpha value is -1.83. The van der Waals surface area contributed by atoms with E-state index < -0.39 is 0 Å². The van der Waals surface area contributed by atoms with Crippen molar-refractivity contribution in [2.24, 2.45) is 5.41 Å². The number of aryl methyl sites for hydroxylation is 1. The number of aromatic nitrogens is 1. The maximum atomic E-state index is 12.3. The van der Waals surface area contributed by atoms with Crippen LogP contribution in [-0.4, -0.2) is 10.4 Å². The molecule has 0 N–H and O–H groups in total. The van der Waals surface area contributed by atoms with Crippen LogP contribution in [0, 0.1) is 19.3 Å². The van der Waals surface area contributed by atoms with Crippen LogP contribution in [0.5, 0.6) is 0 Å². The largest absolute Gasteiger partial charge is 0.320 e. The maximum absolute atomic E-state index is 12.3. The Kier molecular flexibility index (Phi) is 2.86. The SMILES string of the molecule is Cc1cccc(-n2ccc3c2CC(C)(C)CC3=O)c1C. The molecule has 0 fully saturated rings. The van der Waals surface area contributed by atoms with E-state index in [-0.39, 0.29) is 11.2 Å². The molecule has 2 heteroatoms. The highest BCUT2D eigenvalue weighted by Crippen LogP contribution is 2.36. The quantitative estimate of drug-likeness (QED) is 0.757. The van der Waals surface area contributed by atoms with Gasteiger partial charge < -0.3 is 4.57 Å². The highest BCUT2D eigenvalue weighted by Gasteiger charge is 2.33. The second-order valence-electron chi connectivity index (χ2n) is 6.71. The van der Waals surface area contributed by atoms with Gasteiger partial charge >= 0.3 is 0 Å². The van der Waals surface area contributed by atoms with Gasteiger partial charge in [0, 0.05) is 29.6 Å². The van der Waals surface area contributed by atoms with Crippen molar-refractivity contribution in [3.05, 3.63) is 52.8 Å². The lowest BCUT2D eigenvalue weighted by atomic mass is 9.76. The molecule has 1 heterocycles. The monoisotopic (exact) mass is 267 g/mol. The topological polar surface area (TPSA) is 22.0 Å². The Labute approximate surface area is 120 Å². The highest BCUT2D eigenvalue weighted by atomic mass is 16.1. The summed E-state index contributed by atoms with van der Waals surface area (Å²) in [5.41, 5.74) is 5.88. The van der Waals surface area contributed by atoms with Crippen molar-refractivity contribution < 1.29 is 4.79 Å². The fourth-order valence-corrected chi connectivity index (χ4v) is 3.17. The average Bonchev–Trinajstić information content (AvgIpc) is 2.75. The third kappa shape index (κ3) is 2.00. The van der Waals surface area contributed by atoms with Gasteiger partial charge in [0.05, 0.1) is 0 Å². The van der Waals surface area contributed by atoms with Crippen molar-refractivity contribution in [2.45, 2.75) is 40.5 Å². The lowest BCUT2D eigenvalue weighted by Gasteiger charge is -2.30. The first-order valence-corrected chi connectivity index (χ1v) is 7.19. The van der Waals surface area contributed by atoms with E-state index in [2.05, 4.69) is 50.5 Å². The molecule has 3 rings (SSSR count). The van der Waals surface area contributed by atoms with Gasteiger partial charge in [0.1, 0.15) is 0 Å². The predicted octanol–water partition coefficient (Wildman–Crippen LogP) is 4.25. The number of rotatable bonds is 1. The molecular formula is C18H21NO. The van der Waals surface area contributed by atoms with Gasteiger partial charge in [0.2, 0.25) is 0 Å². The summed E-state index contributed by atoms with van der Waals surface area (Å²) in [6.45, 7) is 8.62. The molecule has 0 aliphatic heterocycles. The molecule has 1 aromatic heterocycles. The van der Waals surface area contributed by atoms with Crippen LogP contribution in [0.25, 0.3) is 5.69 Å². The highest BCUT2D eigenvalue weighted by molar-refractivity contribution is 5.99. The van der Waals surface area contributed by atoms with Gasteiger partial charge in [-0.3, -0.25) is 4.79 Å². The van der Waals surface area contributed by atoms with Crippen molar-refractivity contribution in [2.75, 3.05) is 0 Å². The number of fused-ring (bicyclic) bond motifs is 1. The molecule has 0 saturated heterocycles. The van der Waals surface area contributed by atoms with Gasteiger partial charge in [-0.25, -0.2) is 0 Å². The Balaban J connectivity index is 2.19.